The van der Waals surface area contributed by atoms with E-state index in [2.05, 4.69) is 4.90 Å². The summed E-state index contributed by atoms with van der Waals surface area (Å²) in [5.41, 5.74) is 0. The number of amides is 1. The standard InChI is InChI=1S/C17H26N2O3/c1-18(2)17(21)14-8-10-19(11-9-14)12-15(20)13-22-16-6-4-3-5-7-16/h3-7,14-15,20H,8-13H2,1-2H3/t15-/m0/s1. The SMILES string of the molecule is CN(C)C(=O)C1CCN(C[C@H](O)COc2ccccc2)CC1. The van der Waals surface area contributed by atoms with Gasteiger partial charge < -0.3 is 19.6 Å². The normalized spacial score (nSPS) is 18.0. The van der Waals surface area contributed by atoms with E-state index < -0.39 is 6.10 Å². The highest BCUT2D eigenvalue weighted by Crippen LogP contribution is 2.19. The fourth-order valence-corrected chi connectivity index (χ4v) is 2.79. The van der Waals surface area contributed by atoms with E-state index in [0.717, 1.165) is 31.7 Å². The zero-order chi connectivity index (χ0) is 15.9. The summed E-state index contributed by atoms with van der Waals surface area (Å²) in [6.45, 7) is 2.59. The van der Waals surface area contributed by atoms with Crippen LogP contribution >= 0.6 is 0 Å². The van der Waals surface area contributed by atoms with Crippen LogP contribution in [0.3, 0.4) is 0 Å². The summed E-state index contributed by atoms with van der Waals surface area (Å²) < 4.78 is 5.56. The van der Waals surface area contributed by atoms with Gasteiger partial charge in [-0.05, 0) is 38.1 Å². The Labute approximate surface area is 132 Å². The fraction of sp³-hybridized carbons (Fsp3) is 0.588. The van der Waals surface area contributed by atoms with Crippen LogP contribution in [0.1, 0.15) is 12.8 Å². The van der Waals surface area contributed by atoms with Crippen LogP contribution in [0, 0.1) is 5.92 Å². The molecule has 1 aromatic carbocycles. The first-order chi connectivity index (χ1) is 10.6. The molecule has 0 aromatic heterocycles. The summed E-state index contributed by atoms with van der Waals surface area (Å²) in [6, 6.07) is 9.51. The Balaban J connectivity index is 1.68. The number of benzene rings is 1. The monoisotopic (exact) mass is 306 g/mol. The number of para-hydroxylation sites is 1. The molecule has 0 bridgehead atoms. The van der Waals surface area contributed by atoms with Crippen molar-refractivity contribution in [1.29, 1.82) is 0 Å². The second-order valence-corrected chi connectivity index (χ2v) is 6.09. The van der Waals surface area contributed by atoms with Gasteiger partial charge in [0.25, 0.3) is 0 Å². The van der Waals surface area contributed by atoms with Crippen molar-refractivity contribution in [3.8, 4) is 5.75 Å². The molecular formula is C17H26N2O3. The molecule has 1 saturated heterocycles. The molecule has 1 amide bonds. The molecular weight excluding hydrogens is 280 g/mol. The summed E-state index contributed by atoms with van der Waals surface area (Å²) >= 11 is 0. The lowest BCUT2D eigenvalue weighted by atomic mass is 9.95. The van der Waals surface area contributed by atoms with Crippen molar-refractivity contribution in [1.82, 2.24) is 9.80 Å². The molecule has 5 nitrogen and oxygen atoms in total. The lowest BCUT2D eigenvalue weighted by molar-refractivity contribution is -0.134. The Morgan fingerprint density at radius 1 is 1.32 bits per heavy atom. The third-order valence-corrected chi connectivity index (χ3v) is 4.03. The molecule has 0 radical (unpaired) electrons. The number of hydrogen-bond acceptors (Lipinski definition) is 4. The molecule has 1 fully saturated rings. The second kappa shape index (κ2) is 8.15. The number of ether oxygens (including phenoxy) is 1. The lowest BCUT2D eigenvalue weighted by Gasteiger charge is -2.33. The first-order valence-corrected chi connectivity index (χ1v) is 7.85. The third-order valence-electron chi connectivity index (χ3n) is 4.03. The van der Waals surface area contributed by atoms with Gasteiger partial charge in [0, 0.05) is 26.6 Å². The number of hydrogen-bond donors (Lipinski definition) is 1. The largest absolute Gasteiger partial charge is 0.491 e. The van der Waals surface area contributed by atoms with Crippen molar-refractivity contribution in [2.75, 3.05) is 40.3 Å². The van der Waals surface area contributed by atoms with Crippen molar-refractivity contribution in [2.24, 2.45) is 5.92 Å². The maximum atomic E-state index is 11.9. The molecule has 2 rings (SSSR count). The summed E-state index contributed by atoms with van der Waals surface area (Å²) in [5.74, 6) is 1.12. The molecule has 1 heterocycles. The van der Waals surface area contributed by atoms with Gasteiger partial charge in [0.1, 0.15) is 18.5 Å². The average Bonchev–Trinajstić information content (AvgIpc) is 2.54. The lowest BCUT2D eigenvalue weighted by Crippen LogP contribution is -2.43. The Hall–Kier alpha value is -1.59. The summed E-state index contributed by atoms with van der Waals surface area (Å²) in [4.78, 5) is 15.8. The number of carbonyl (C=O) groups is 1. The first-order valence-electron chi connectivity index (χ1n) is 7.85. The zero-order valence-corrected chi connectivity index (χ0v) is 13.4. The van der Waals surface area contributed by atoms with E-state index in [9.17, 15) is 9.90 Å². The third kappa shape index (κ3) is 5.00. The van der Waals surface area contributed by atoms with E-state index in [1.165, 1.54) is 0 Å². The summed E-state index contributed by atoms with van der Waals surface area (Å²) in [6.07, 6.45) is 1.22. The summed E-state index contributed by atoms with van der Waals surface area (Å²) in [7, 11) is 3.61. The smallest absolute Gasteiger partial charge is 0.225 e. The van der Waals surface area contributed by atoms with Crippen LogP contribution < -0.4 is 4.74 Å². The molecule has 0 saturated carbocycles. The maximum absolute atomic E-state index is 11.9. The highest BCUT2D eigenvalue weighted by molar-refractivity contribution is 5.78. The predicted molar refractivity (Wildman–Crippen MR) is 85.8 cm³/mol. The molecule has 1 aliphatic heterocycles. The van der Waals surface area contributed by atoms with Gasteiger partial charge in [-0.1, -0.05) is 18.2 Å². The molecule has 1 atom stereocenters. The van der Waals surface area contributed by atoms with Crippen LogP contribution in [0.5, 0.6) is 5.75 Å². The fourth-order valence-electron chi connectivity index (χ4n) is 2.79. The van der Waals surface area contributed by atoms with Crippen LogP contribution in [0.2, 0.25) is 0 Å². The highest BCUT2D eigenvalue weighted by atomic mass is 16.5. The topological polar surface area (TPSA) is 53.0 Å². The van der Waals surface area contributed by atoms with E-state index in [1.807, 2.05) is 30.3 Å². The molecule has 0 unspecified atom stereocenters. The van der Waals surface area contributed by atoms with Gasteiger partial charge in [0.05, 0.1) is 0 Å². The molecule has 122 valence electrons. The van der Waals surface area contributed by atoms with Crippen molar-refractivity contribution in [3.05, 3.63) is 30.3 Å². The Bertz CT molecular complexity index is 456. The second-order valence-electron chi connectivity index (χ2n) is 6.09. The molecule has 22 heavy (non-hydrogen) atoms. The van der Waals surface area contributed by atoms with E-state index in [-0.39, 0.29) is 11.8 Å². The molecule has 0 aliphatic carbocycles. The average molecular weight is 306 g/mol. The minimum absolute atomic E-state index is 0.129. The van der Waals surface area contributed by atoms with Gasteiger partial charge in [-0.3, -0.25) is 4.79 Å². The van der Waals surface area contributed by atoms with E-state index in [0.29, 0.717) is 13.2 Å². The van der Waals surface area contributed by atoms with Gasteiger partial charge in [-0.25, -0.2) is 0 Å². The molecule has 1 aliphatic rings. The Morgan fingerprint density at radius 2 is 1.95 bits per heavy atom. The van der Waals surface area contributed by atoms with E-state index in [4.69, 9.17) is 4.74 Å². The number of nitrogens with zero attached hydrogens (tertiary/aromatic N) is 2. The van der Waals surface area contributed by atoms with Crippen LogP contribution in [0.4, 0.5) is 0 Å². The molecule has 1 N–H and O–H groups in total. The van der Waals surface area contributed by atoms with Crippen molar-refractivity contribution in [2.45, 2.75) is 18.9 Å². The van der Waals surface area contributed by atoms with E-state index in [1.54, 1.807) is 19.0 Å². The van der Waals surface area contributed by atoms with Gasteiger partial charge in [-0.15, -0.1) is 0 Å². The van der Waals surface area contributed by atoms with Gasteiger partial charge >= 0.3 is 0 Å². The van der Waals surface area contributed by atoms with Crippen LogP contribution in [-0.4, -0.2) is 67.3 Å². The van der Waals surface area contributed by atoms with Crippen LogP contribution in [0.25, 0.3) is 0 Å². The van der Waals surface area contributed by atoms with Crippen molar-refractivity contribution in [3.63, 3.8) is 0 Å². The number of likely N-dealkylation sites (tertiary alicyclic amines) is 1. The molecule has 0 spiro atoms. The number of aliphatic hydroxyl groups excluding tert-OH is 1. The zero-order valence-electron chi connectivity index (χ0n) is 13.4. The number of aliphatic hydroxyl groups is 1. The highest BCUT2D eigenvalue weighted by Gasteiger charge is 2.26. The minimum Gasteiger partial charge on any atom is -0.491 e. The minimum atomic E-state index is -0.513. The summed E-state index contributed by atoms with van der Waals surface area (Å²) in [5, 5.41) is 10.1. The maximum Gasteiger partial charge on any atom is 0.225 e. The molecule has 1 aromatic rings. The van der Waals surface area contributed by atoms with Crippen LogP contribution in [0.15, 0.2) is 30.3 Å². The Morgan fingerprint density at radius 3 is 2.55 bits per heavy atom. The predicted octanol–water partition coefficient (Wildman–Crippen LogP) is 1.23. The van der Waals surface area contributed by atoms with Gasteiger partial charge in [0.15, 0.2) is 0 Å². The number of β-amino-alcohol motifs (C(OH)–C–C–N with tert-alkyl or cyclic N) is 1. The van der Waals surface area contributed by atoms with Crippen molar-refractivity contribution >= 4 is 5.91 Å². The Kier molecular flexibility index (Phi) is 6.21. The van der Waals surface area contributed by atoms with Gasteiger partial charge in [0.2, 0.25) is 5.91 Å². The number of rotatable bonds is 6. The number of piperidine rings is 1. The quantitative estimate of drug-likeness (QED) is 0.859. The number of carbonyl (C=O) groups excluding carboxylic acids is 1. The van der Waals surface area contributed by atoms with Gasteiger partial charge in [-0.2, -0.15) is 0 Å². The van der Waals surface area contributed by atoms with Crippen LogP contribution in [-0.2, 0) is 4.79 Å². The van der Waals surface area contributed by atoms with Crippen molar-refractivity contribution < 1.29 is 14.6 Å². The molecule has 5 heteroatoms. The first kappa shape index (κ1) is 16.8. The van der Waals surface area contributed by atoms with E-state index >= 15 is 0 Å².